The van der Waals surface area contributed by atoms with E-state index in [2.05, 4.69) is 41.4 Å². The molecule has 0 aliphatic rings. The molecule has 0 aliphatic heterocycles. The third-order valence-electron chi connectivity index (χ3n) is 4.73. The van der Waals surface area contributed by atoms with E-state index in [1.165, 1.54) is 5.56 Å². The molecule has 144 valence electrons. The average molecular weight is 382 g/mol. The third kappa shape index (κ3) is 3.83. The Morgan fingerprint density at radius 3 is 2.31 bits per heavy atom. The normalized spacial score (nSPS) is 11.1. The van der Waals surface area contributed by atoms with Gasteiger partial charge in [0.05, 0.1) is 7.11 Å². The van der Waals surface area contributed by atoms with Gasteiger partial charge in [0, 0.05) is 16.3 Å². The summed E-state index contributed by atoms with van der Waals surface area (Å²) in [6.07, 6.45) is 4.00. The molecule has 0 atom stereocenters. The molecule has 1 aromatic heterocycles. The van der Waals surface area contributed by atoms with Crippen LogP contribution in [0.25, 0.3) is 28.1 Å². The standard InChI is InChI=1S/C25H22N2O2/c1-4-7-18-12-15-22(23(16-18)28-3)29-25-21-9-6-5-8-20(21)24(26-27-25)19-13-10-17(2)11-14-19/h4-16H,1-3H3. The summed E-state index contributed by atoms with van der Waals surface area (Å²) in [5, 5.41) is 10.8. The van der Waals surface area contributed by atoms with Crippen molar-refractivity contribution in [3.8, 4) is 28.6 Å². The highest BCUT2D eigenvalue weighted by Crippen LogP contribution is 2.36. The Hall–Kier alpha value is -3.66. The van der Waals surface area contributed by atoms with Crippen molar-refractivity contribution in [3.05, 3.63) is 83.9 Å². The van der Waals surface area contributed by atoms with Crippen LogP contribution < -0.4 is 9.47 Å². The highest BCUT2D eigenvalue weighted by atomic mass is 16.5. The van der Waals surface area contributed by atoms with Gasteiger partial charge >= 0.3 is 0 Å². The summed E-state index contributed by atoms with van der Waals surface area (Å²) in [5.74, 6) is 1.70. The molecule has 29 heavy (non-hydrogen) atoms. The minimum atomic E-state index is 0.452. The van der Waals surface area contributed by atoms with E-state index in [0.717, 1.165) is 27.6 Å². The van der Waals surface area contributed by atoms with Gasteiger partial charge in [-0.1, -0.05) is 66.2 Å². The van der Waals surface area contributed by atoms with Gasteiger partial charge in [-0.15, -0.1) is 10.2 Å². The van der Waals surface area contributed by atoms with Gasteiger partial charge < -0.3 is 9.47 Å². The number of fused-ring (bicyclic) bond motifs is 1. The lowest BCUT2D eigenvalue weighted by Crippen LogP contribution is -1.97. The zero-order valence-corrected chi connectivity index (χ0v) is 16.7. The van der Waals surface area contributed by atoms with Crippen LogP contribution in [0.1, 0.15) is 18.1 Å². The van der Waals surface area contributed by atoms with E-state index >= 15 is 0 Å². The molecule has 0 N–H and O–H groups in total. The Kier molecular flexibility index (Phi) is 5.25. The fourth-order valence-corrected chi connectivity index (χ4v) is 3.25. The van der Waals surface area contributed by atoms with Gasteiger partial charge in [-0.2, -0.15) is 0 Å². The van der Waals surface area contributed by atoms with Crippen LogP contribution in [0.5, 0.6) is 17.4 Å². The maximum Gasteiger partial charge on any atom is 0.246 e. The minimum absolute atomic E-state index is 0.452. The van der Waals surface area contributed by atoms with Gasteiger partial charge in [0.25, 0.3) is 0 Å². The van der Waals surface area contributed by atoms with E-state index < -0.39 is 0 Å². The zero-order chi connectivity index (χ0) is 20.2. The van der Waals surface area contributed by atoms with Crippen LogP contribution in [0.4, 0.5) is 0 Å². The first kappa shape index (κ1) is 18.7. The van der Waals surface area contributed by atoms with E-state index in [4.69, 9.17) is 9.47 Å². The molecular formula is C25H22N2O2. The summed E-state index contributed by atoms with van der Waals surface area (Å²) in [7, 11) is 1.63. The quantitative estimate of drug-likeness (QED) is 0.398. The Bertz CT molecular complexity index is 1180. The molecular weight excluding hydrogens is 360 g/mol. The average Bonchev–Trinajstić information content (AvgIpc) is 2.76. The van der Waals surface area contributed by atoms with Gasteiger partial charge in [0.1, 0.15) is 5.69 Å². The molecule has 1 heterocycles. The minimum Gasteiger partial charge on any atom is -0.493 e. The van der Waals surface area contributed by atoms with E-state index in [0.29, 0.717) is 17.4 Å². The first-order valence-corrected chi connectivity index (χ1v) is 9.50. The van der Waals surface area contributed by atoms with Crippen LogP contribution in [0.3, 0.4) is 0 Å². The Morgan fingerprint density at radius 2 is 1.59 bits per heavy atom. The second kappa shape index (κ2) is 8.15. The van der Waals surface area contributed by atoms with Gasteiger partial charge in [0.2, 0.25) is 5.88 Å². The van der Waals surface area contributed by atoms with Crippen molar-refractivity contribution < 1.29 is 9.47 Å². The van der Waals surface area contributed by atoms with E-state index in [1.54, 1.807) is 7.11 Å². The molecule has 0 radical (unpaired) electrons. The molecule has 4 rings (SSSR count). The first-order valence-electron chi connectivity index (χ1n) is 9.50. The Balaban J connectivity index is 1.78. The molecule has 0 unspecified atom stereocenters. The van der Waals surface area contributed by atoms with Crippen molar-refractivity contribution >= 4 is 16.8 Å². The van der Waals surface area contributed by atoms with Gasteiger partial charge in [-0.3, -0.25) is 0 Å². The lowest BCUT2D eigenvalue weighted by Gasteiger charge is -2.13. The Labute approximate surface area is 170 Å². The summed E-state index contributed by atoms with van der Waals surface area (Å²) >= 11 is 0. The maximum atomic E-state index is 6.13. The molecule has 3 aromatic carbocycles. The summed E-state index contributed by atoms with van der Waals surface area (Å²) < 4.78 is 11.6. The number of hydrogen-bond donors (Lipinski definition) is 0. The lowest BCUT2D eigenvalue weighted by atomic mass is 10.0. The smallest absolute Gasteiger partial charge is 0.246 e. The van der Waals surface area contributed by atoms with Crippen molar-refractivity contribution in [2.24, 2.45) is 0 Å². The fraction of sp³-hybridized carbons (Fsp3) is 0.120. The molecule has 0 spiro atoms. The number of ether oxygens (including phenoxy) is 2. The van der Waals surface area contributed by atoms with E-state index in [1.807, 2.05) is 61.5 Å². The number of allylic oxidation sites excluding steroid dienone is 1. The number of methoxy groups -OCH3 is 1. The van der Waals surface area contributed by atoms with Gasteiger partial charge in [0.15, 0.2) is 11.5 Å². The van der Waals surface area contributed by atoms with Crippen LogP contribution in [-0.2, 0) is 0 Å². The Morgan fingerprint density at radius 1 is 0.828 bits per heavy atom. The molecule has 4 aromatic rings. The third-order valence-corrected chi connectivity index (χ3v) is 4.73. The van der Waals surface area contributed by atoms with Crippen LogP contribution in [0, 0.1) is 6.92 Å². The number of aromatic nitrogens is 2. The number of nitrogens with zero attached hydrogens (tertiary/aromatic N) is 2. The topological polar surface area (TPSA) is 44.2 Å². The van der Waals surface area contributed by atoms with Crippen molar-refractivity contribution in [2.75, 3.05) is 7.11 Å². The van der Waals surface area contributed by atoms with Crippen molar-refractivity contribution in [1.29, 1.82) is 0 Å². The van der Waals surface area contributed by atoms with Crippen molar-refractivity contribution in [1.82, 2.24) is 10.2 Å². The van der Waals surface area contributed by atoms with Gasteiger partial charge in [-0.25, -0.2) is 0 Å². The van der Waals surface area contributed by atoms with Crippen molar-refractivity contribution in [2.45, 2.75) is 13.8 Å². The fourth-order valence-electron chi connectivity index (χ4n) is 3.25. The molecule has 0 bridgehead atoms. The predicted octanol–water partition coefficient (Wildman–Crippen LogP) is 6.44. The van der Waals surface area contributed by atoms with Crippen LogP contribution in [0.15, 0.2) is 72.8 Å². The van der Waals surface area contributed by atoms with Gasteiger partial charge in [-0.05, 0) is 37.6 Å². The maximum absolute atomic E-state index is 6.13. The summed E-state index contributed by atoms with van der Waals surface area (Å²) in [5.41, 5.74) is 4.12. The van der Waals surface area contributed by atoms with E-state index in [-0.39, 0.29) is 0 Å². The monoisotopic (exact) mass is 382 g/mol. The van der Waals surface area contributed by atoms with E-state index in [9.17, 15) is 0 Å². The van der Waals surface area contributed by atoms with Crippen LogP contribution in [0.2, 0.25) is 0 Å². The van der Waals surface area contributed by atoms with Crippen LogP contribution in [-0.4, -0.2) is 17.3 Å². The number of benzene rings is 3. The molecule has 0 saturated carbocycles. The lowest BCUT2D eigenvalue weighted by molar-refractivity contribution is 0.374. The molecule has 0 fully saturated rings. The molecule has 4 nitrogen and oxygen atoms in total. The summed E-state index contributed by atoms with van der Waals surface area (Å²) in [6.45, 7) is 4.05. The molecule has 4 heteroatoms. The second-order valence-electron chi connectivity index (χ2n) is 6.78. The SMILES string of the molecule is CC=Cc1ccc(Oc2nnc(-c3ccc(C)cc3)c3ccccc23)c(OC)c1. The second-order valence-corrected chi connectivity index (χ2v) is 6.78. The molecule has 0 aliphatic carbocycles. The first-order chi connectivity index (χ1) is 14.2. The number of aryl methyl sites for hydroxylation is 1. The highest BCUT2D eigenvalue weighted by molar-refractivity contribution is 5.97. The largest absolute Gasteiger partial charge is 0.493 e. The molecule has 0 saturated heterocycles. The predicted molar refractivity (Wildman–Crippen MR) is 117 cm³/mol. The summed E-state index contributed by atoms with van der Waals surface area (Å²) in [6, 6.07) is 22.1. The number of hydrogen-bond acceptors (Lipinski definition) is 4. The van der Waals surface area contributed by atoms with Crippen molar-refractivity contribution in [3.63, 3.8) is 0 Å². The summed E-state index contributed by atoms with van der Waals surface area (Å²) in [4.78, 5) is 0. The highest BCUT2D eigenvalue weighted by Gasteiger charge is 2.14. The zero-order valence-electron chi connectivity index (χ0n) is 16.7. The molecule has 0 amide bonds. The number of rotatable bonds is 5. The van der Waals surface area contributed by atoms with Crippen LogP contribution >= 0.6 is 0 Å².